The van der Waals surface area contributed by atoms with E-state index < -0.39 is 9.05 Å². The highest BCUT2D eigenvalue weighted by atomic mass is 35.7. The van der Waals surface area contributed by atoms with E-state index in [4.69, 9.17) is 22.3 Å². The summed E-state index contributed by atoms with van der Waals surface area (Å²) in [6.45, 7) is 4.15. The molecule has 1 rings (SSSR count). The Morgan fingerprint density at radius 1 is 1.30 bits per heavy atom. The van der Waals surface area contributed by atoms with Crippen molar-refractivity contribution >= 4 is 37.2 Å². The van der Waals surface area contributed by atoms with Crippen molar-refractivity contribution in [3.63, 3.8) is 0 Å². The molecular weight excluding hydrogens is 321 g/mol. The lowest BCUT2D eigenvalue weighted by Gasteiger charge is -2.11. The molecule has 0 unspecified atom stereocenters. The third-order valence-electron chi connectivity index (χ3n) is 2.90. The molecule has 0 atom stereocenters. The van der Waals surface area contributed by atoms with Gasteiger partial charge >= 0.3 is 0 Å². The van der Waals surface area contributed by atoms with Gasteiger partial charge in [-0.15, -0.1) is 0 Å². The second-order valence-electron chi connectivity index (χ2n) is 4.48. The van der Waals surface area contributed by atoms with Gasteiger partial charge in [0.15, 0.2) is 0 Å². The lowest BCUT2D eigenvalue weighted by Crippen LogP contribution is -2.25. The first-order valence-electron chi connectivity index (χ1n) is 6.30. The van der Waals surface area contributed by atoms with Crippen LogP contribution in [0.3, 0.4) is 0 Å². The van der Waals surface area contributed by atoms with Crippen LogP contribution in [-0.4, -0.2) is 20.9 Å². The zero-order valence-electron chi connectivity index (χ0n) is 11.4. The average molecular weight is 338 g/mol. The van der Waals surface area contributed by atoms with Crippen molar-refractivity contribution in [1.82, 2.24) is 5.32 Å². The van der Waals surface area contributed by atoms with Crippen molar-refractivity contribution < 1.29 is 13.2 Å². The highest BCUT2D eigenvalue weighted by Gasteiger charge is 2.20. The van der Waals surface area contributed by atoms with Crippen LogP contribution in [0, 0.1) is 6.92 Å². The first-order chi connectivity index (χ1) is 9.27. The van der Waals surface area contributed by atoms with Crippen LogP contribution >= 0.6 is 22.3 Å². The van der Waals surface area contributed by atoms with E-state index in [2.05, 4.69) is 12.2 Å². The number of halogens is 2. The van der Waals surface area contributed by atoms with E-state index in [0.717, 1.165) is 19.3 Å². The Morgan fingerprint density at radius 2 is 1.95 bits per heavy atom. The van der Waals surface area contributed by atoms with Gasteiger partial charge < -0.3 is 5.32 Å². The second kappa shape index (κ2) is 7.29. The van der Waals surface area contributed by atoms with Gasteiger partial charge in [0.05, 0.1) is 4.90 Å². The second-order valence-corrected chi connectivity index (χ2v) is 7.45. The van der Waals surface area contributed by atoms with E-state index in [1.165, 1.54) is 19.1 Å². The third-order valence-corrected chi connectivity index (χ3v) is 4.56. The zero-order valence-corrected chi connectivity index (χ0v) is 13.7. The van der Waals surface area contributed by atoms with Gasteiger partial charge in [-0.2, -0.15) is 0 Å². The van der Waals surface area contributed by atoms with Crippen LogP contribution in [0.25, 0.3) is 0 Å². The van der Waals surface area contributed by atoms with Gasteiger partial charge in [0.1, 0.15) is 0 Å². The van der Waals surface area contributed by atoms with Gasteiger partial charge in [0.25, 0.3) is 15.0 Å². The number of carbonyl (C=O) groups is 1. The molecule has 0 aliphatic heterocycles. The van der Waals surface area contributed by atoms with Gasteiger partial charge in [-0.05, 0) is 31.0 Å². The molecule has 1 N–H and O–H groups in total. The standard InChI is InChI=1S/C13H17Cl2NO3S/c1-3-4-5-6-16-13(17)11-7-10(14)8-12(9(11)2)20(15,18)19/h7-8H,3-6H2,1-2H3,(H,16,17). The van der Waals surface area contributed by atoms with Crippen molar-refractivity contribution in [2.24, 2.45) is 0 Å². The summed E-state index contributed by atoms with van der Waals surface area (Å²) in [5.74, 6) is -0.345. The number of benzene rings is 1. The predicted molar refractivity (Wildman–Crippen MR) is 81.1 cm³/mol. The van der Waals surface area contributed by atoms with Crippen LogP contribution in [0.15, 0.2) is 17.0 Å². The fourth-order valence-electron chi connectivity index (χ4n) is 1.82. The molecule has 0 saturated heterocycles. The van der Waals surface area contributed by atoms with Crippen molar-refractivity contribution in [2.45, 2.75) is 38.0 Å². The van der Waals surface area contributed by atoms with Crippen molar-refractivity contribution in [3.8, 4) is 0 Å². The number of rotatable bonds is 6. The Kier molecular flexibility index (Phi) is 6.30. The van der Waals surface area contributed by atoms with Gasteiger partial charge in [0.2, 0.25) is 0 Å². The number of unbranched alkanes of at least 4 members (excludes halogenated alkanes) is 2. The molecule has 0 spiro atoms. The van der Waals surface area contributed by atoms with Crippen molar-refractivity contribution in [1.29, 1.82) is 0 Å². The molecule has 0 bridgehead atoms. The smallest absolute Gasteiger partial charge is 0.261 e. The molecule has 1 aromatic rings. The van der Waals surface area contributed by atoms with E-state index in [1.54, 1.807) is 0 Å². The first kappa shape index (κ1) is 17.3. The number of carbonyl (C=O) groups excluding carboxylic acids is 1. The zero-order chi connectivity index (χ0) is 15.3. The molecule has 112 valence electrons. The summed E-state index contributed by atoms with van der Waals surface area (Å²) in [6.07, 6.45) is 2.96. The monoisotopic (exact) mass is 337 g/mol. The van der Waals surface area contributed by atoms with Crippen LogP contribution in [-0.2, 0) is 9.05 Å². The quantitative estimate of drug-likeness (QED) is 0.638. The minimum absolute atomic E-state index is 0.134. The van der Waals surface area contributed by atoms with Gasteiger partial charge in [-0.25, -0.2) is 8.42 Å². The number of amides is 1. The summed E-state index contributed by atoms with van der Waals surface area (Å²) in [7, 11) is 1.41. The van der Waals surface area contributed by atoms with Crippen LogP contribution in [0.1, 0.15) is 42.1 Å². The lowest BCUT2D eigenvalue weighted by molar-refractivity contribution is 0.0952. The maximum Gasteiger partial charge on any atom is 0.261 e. The molecule has 0 saturated carbocycles. The largest absolute Gasteiger partial charge is 0.352 e. The SMILES string of the molecule is CCCCCNC(=O)c1cc(Cl)cc(S(=O)(=O)Cl)c1C. The van der Waals surface area contributed by atoms with Gasteiger partial charge in [0, 0.05) is 27.8 Å². The summed E-state index contributed by atoms with van der Waals surface area (Å²) < 4.78 is 22.9. The highest BCUT2D eigenvalue weighted by molar-refractivity contribution is 8.13. The molecule has 7 heteroatoms. The number of nitrogens with one attached hydrogen (secondary N) is 1. The van der Waals surface area contributed by atoms with Crippen LogP contribution in [0.4, 0.5) is 0 Å². The van der Waals surface area contributed by atoms with E-state index in [-0.39, 0.29) is 21.4 Å². The number of hydrogen-bond donors (Lipinski definition) is 1. The summed E-state index contributed by atoms with van der Waals surface area (Å²) in [5, 5.41) is 2.91. The molecule has 0 radical (unpaired) electrons. The molecule has 0 aromatic heterocycles. The van der Waals surface area contributed by atoms with E-state index in [1.807, 2.05) is 0 Å². The highest BCUT2D eigenvalue weighted by Crippen LogP contribution is 2.26. The lowest BCUT2D eigenvalue weighted by atomic mass is 10.1. The van der Waals surface area contributed by atoms with Crippen LogP contribution in [0.2, 0.25) is 5.02 Å². The minimum Gasteiger partial charge on any atom is -0.352 e. The Hall–Kier alpha value is -0.780. The topological polar surface area (TPSA) is 63.2 Å². The molecule has 0 aliphatic carbocycles. The first-order valence-corrected chi connectivity index (χ1v) is 8.99. The molecule has 4 nitrogen and oxygen atoms in total. The molecule has 0 heterocycles. The van der Waals surface area contributed by atoms with Crippen LogP contribution in [0.5, 0.6) is 0 Å². The van der Waals surface area contributed by atoms with E-state index in [9.17, 15) is 13.2 Å². The summed E-state index contributed by atoms with van der Waals surface area (Å²) in [4.78, 5) is 11.9. The predicted octanol–water partition coefficient (Wildman–Crippen LogP) is 3.50. The molecule has 0 aliphatic rings. The Balaban J connectivity index is 3.01. The Bertz CT molecular complexity index is 600. The minimum atomic E-state index is -3.93. The molecule has 20 heavy (non-hydrogen) atoms. The summed E-state index contributed by atoms with van der Waals surface area (Å²) in [6, 6.07) is 2.69. The molecule has 0 fully saturated rings. The fourth-order valence-corrected chi connectivity index (χ4v) is 3.32. The maximum atomic E-state index is 12.1. The summed E-state index contributed by atoms with van der Waals surface area (Å²) >= 11 is 5.85. The van der Waals surface area contributed by atoms with Crippen molar-refractivity contribution in [2.75, 3.05) is 6.54 Å². The number of hydrogen-bond acceptors (Lipinski definition) is 3. The van der Waals surface area contributed by atoms with Gasteiger partial charge in [-0.1, -0.05) is 31.4 Å². The average Bonchev–Trinajstić information content (AvgIpc) is 2.35. The third kappa shape index (κ3) is 4.65. The van der Waals surface area contributed by atoms with E-state index in [0.29, 0.717) is 12.1 Å². The van der Waals surface area contributed by atoms with Crippen LogP contribution < -0.4 is 5.32 Å². The maximum absolute atomic E-state index is 12.1. The Morgan fingerprint density at radius 3 is 2.50 bits per heavy atom. The normalized spacial score (nSPS) is 11.4. The fraction of sp³-hybridized carbons (Fsp3) is 0.462. The Labute approximate surface area is 128 Å². The molecule has 1 aromatic carbocycles. The van der Waals surface area contributed by atoms with E-state index >= 15 is 0 Å². The summed E-state index contributed by atoms with van der Waals surface area (Å²) in [5.41, 5.74) is 0.533. The molecular formula is C13H17Cl2NO3S. The van der Waals surface area contributed by atoms with Crippen molar-refractivity contribution in [3.05, 3.63) is 28.3 Å². The van der Waals surface area contributed by atoms with Gasteiger partial charge in [-0.3, -0.25) is 4.79 Å². The molecule has 1 amide bonds.